The van der Waals surface area contributed by atoms with Gasteiger partial charge in [0.2, 0.25) is 0 Å². The van der Waals surface area contributed by atoms with Crippen LogP contribution in [-0.2, 0) is 29.5 Å². The minimum atomic E-state index is -4.53. The number of rotatable bonds is 6. The Morgan fingerprint density at radius 2 is 1.11 bits per heavy atom. The third kappa shape index (κ3) is 5.63. The fourth-order valence-electron chi connectivity index (χ4n) is 2.06. The molecule has 0 aromatic heterocycles. The van der Waals surface area contributed by atoms with Crippen LogP contribution in [-0.4, -0.2) is 43.0 Å². The first kappa shape index (κ1) is 24.3. The Hall–Kier alpha value is -1.76. The van der Waals surface area contributed by atoms with Gasteiger partial charge in [0.05, 0.1) is 35.1 Å². The summed E-state index contributed by atoms with van der Waals surface area (Å²) in [4.78, 5) is 22.2. The van der Waals surface area contributed by atoms with E-state index < -0.39 is 41.8 Å². The summed E-state index contributed by atoms with van der Waals surface area (Å²) in [5.74, 6) is -1.55. The molecular weight excluding hydrogens is 421 g/mol. The predicted octanol–water partition coefficient (Wildman–Crippen LogP) is -2.07. The van der Waals surface area contributed by atoms with Gasteiger partial charge >= 0.3 is 41.5 Å². The van der Waals surface area contributed by atoms with E-state index in [1.807, 2.05) is 0 Å². The van der Waals surface area contributed by atoms with E-state index in [4.69, 9.17) is 0 Å². The molecule has 0 fully saturated rings. The Morgan fingerprint density at radius 3 is 1.43 bits per heavy atom. The molecule has 2 rings (SSSR count). The van der Waals surface area contributed by atoms with Crippen LogP contribution in [0.4, 0.5) is 0 Å². The molecule has 0 aliphatic carbocycles. The minimum absolute atomic E-state index is 0. The van der Waals surface area contributed by atoms with E-state index >= 15 is 0 Å². The van der Waals surface area contributed by atoms with E-state index in [1.54, 1.807) is 4.13 Å². The van der Waals surface area contributed by atoms with Gasteiger partial charge in [0.25, 0.3) is 20.0 Å². The maximum absolute atomic E-state index is 12.4. The van der Waals surface area contributed by atoms with Crippen molar-refractivity contribution in [3.8, 4) is 0 Å². The second-order valence-corrected chi connectivity index (χ2v) is 8.75. The number of nitrogens with one attached hydrogen (secondary N) is 1. The second-order valence-electron chi connectivity index (χ2n) is 5.13. The van der Waals surface area contributed by atoms with Gasteiger partial charge in [0, 0.05) is 0 Å². The Labute approximate surface area is 184 Å². The summed E-state index contributed by atoms with van der Waals surface area (Å²) in [5, 5.41) is 0. The van der Waals surface area contributed by atoms with E-state index in [1.165, 1.54) is 24.3 Å². The van der Waals surface area contributed by atoms with Crippen molar-refractivity contribution in [1.82, 2.24) is 4.13 Å². The molecule has 28 heavy (non-hydrogen) atoms. The number of ether oxygens (including phenoxy) is 2. The first-order chi connectivity index (χ1) is 12.6. The van der Waals surface area contributed by atoms with E-state index in [2.05, 4.69) is 9.47 Å². The average molecular weight is 436 g/mol. The van der Waals surface area contributed by atoms with Gasteiger partial charge in [-0.2, -0.15) is 0 Å². The zero-order valence-electron chi connectivity index (χ0n) is 15.2. The summed E-state index contributed by atoms with van der Waals surface area (Å²) in [7, 11) is -6.81. The molecule has 1 N–H and O–H groups in total. The Kier molecular flexibility index (Phi) is 8.35. The molecular formula is C16H15NNaO8S2+. The van der Waals surface area contributed by atoms with Gasteiger partial charge in [-0.15, -0.1) is 4.13 Å². The van der Waals surface area contributed by atoms with Crippen molar-refractivity contribution < 1.29 is 65.5 Å². The predicted molar refractivity (Wildman–Crippen MR) is 93.1 cm³/mol. The minimum Gasteiger partial charge on any atom is -0.465 e. The third-order valence-corrected chi connectivity index (χ3v) is 6.85. The van der Waals surface area contributed by atoms with Crippen LogP contribution in [0.1, 0.15) is 20.7 Å². The van der Waals surface area contributed by atoms with E-state index in [-0.39, 0.29) is 40.7 Å². The molecule has 0 unspecified atom stereocenters. The molecule has 0 atom stereocenters. The first-order valence-electron chi connectivity index (χ1n) is 7.26. The molecule has 144 valence electrons. The number of esters is 2. The van der Waals surface area contributed by atoms with Crippen molar-refractivity contribution in [2.24, 2.45) is 0 Å². The molecule has 0 bridgehead atoms. The van der Waals surface area contributed by atoms with Gasteiger partial charge in [0.15, 0.2) is 0 Å². The maximum Gasteiger partial charge on any atom is 1.00 e. The van der Waals surface area contributed by atoms with Crippen LogP contribution in [0.15, 0.2) is 58.3 Å². The number of methoxy groups -OCH3 is 2. The van der Waals surface area contributed by atoms with Gasteiger partial charge in [-0.25, -0.2) is 26.4 Å². The molecule has 0 heterocycles. The molecule has 2 aromatic rings. The van der Waals surface area contributed by atoms with Crippen molar-refractivity contribution in [1.29, 1.82) is 0 Å². The van der Waals surface area contributed by atoms with Crippen LogP contribution in [0.2, 0.25) is 0 Å². The largest absolute Gasteiger partial charge is 1.00 e. The fraction of sp³-hybridized carbons (Fsp3) is 0.125. The monoisotopic (exact) mass is 436 g/mol. The summed E-state index contributed by atoms with van der Waals surface area (Å²) >= 11 is 0. The smallest absolute Gasteiger partial charge is 0.465 e. The number of benzene rings is 2. The van der Waals surface area contributed by atoms with Gasteiger partial charge in [0.1, 0.15) is 0 Å². The summed E-state index contributed by atoms with van der Waals surface area (Å²) < 4.78 is 60.3. The molecule has 0 aliphatic rings. The van der Waals surface area contributed by atoms with Crippen molar-refractivity contribution >= 4 is 32.0 Å². The quantitative estimate of drug-likeness (QED) is 0.403. The number of carbonyl (C=O) groups excluding carboxylic acids is 2. The molecule has 0 amide bonds. The Bertz CT molecular complexity index is 1010. The maximum atomic E-state index is 12.4. The average Bonchev–Trinajstić information content (AvgIpc) is 2.66. The van der Waals surface area contributed by atoms with E-state index in [9.17, 15) is 26.4 Å². The molecule has 9 nitrogen and oxygen atoms in total. The van der Waals surface area contributed by atoms with Crippen LogP contribution in [0.5, 0.6) is 0 Å². The zero-order valence-corrected chi connectivity index (χ0v) is 18.8. The Balaban J connectivity index is 0.00000392. The fourth-order valence-corrected chi connectivity index (χ4v) is 5.06. The molecule has 0 saturated carbocycles. The summed E-state index contributed by atoms with van der Waals surface area (Å²) in [6.07, 6.45) is 0. The molecule has 0 aliphatic heterocycles. The van der Waals surface area contributed by atoms with Crippen LogP contribution in [0, 0.1) is 0 Å². The number of hydrogen-bond acceptors (Lipinski definition) is 8. The van der Waals surface area contributed by atoms with Crippen LogP contribution < -0.4 is 33.7 Å². The van der Waals surface area contributed by atoms with Gasteiger partial charge in [-0.05, 0) is 36.4 Å². The van der Waals surface area contributed by atoms with E-state index in [0.29, 0.717) is 0 Å². The van der Waals surface area contributed by atoms with Crippen LogP contribution in [0.25, 0.3) is 0 Å². The molecule has 0 spiro atoms. The number of hydrogen-bond donors (Lipinski definition) is 1. The van der Waals surface area contributed by atoms with E-state index in [0.717, 1.165) is 38.5 Å². The van der Waals surface area contributed by atoms with Crippen molar-refractivity contribution in [2.45, 2.75) is 9.79 Å². The number of sulfonamides is 2. The molecule has 12 heteroatoms. The number of carbonyl (C=O) groups is 2. The van der Waals surface area contributed by atoms with Crippen LogP contribution >= 0.6 is 0 Å². The Morgan fingerprint density at radius 1 is 0.750 bits per heavy atom. The van der Waals surface area contributed by atoms with Gasteiger partial charge in [-0.1, -0.05) is 12.1 Å². The first-order valence-corrected chi connectivity index (χ1v) is 10.2. The van der Waals surface area contributed by atoms with Crippen molar-refractivity contribution in [2.75, 3.05) is 14.2 Å². The molecule has 0 saturated heterocycles. The molecule has 2 aromatic carbocycles. The molecule has 0 radical (unpaired) electrons. The SMILES string of the molecule is COC(=O)c1cccc(S(=O)(=O)NS(=O)(=O)c2cccc(C(=O)OC)c2)c1.[Na+]. The third-order valence-electron chi connectivity index (χ3n) is 3.35. The van der Waals surface area contributed by atoms with Crippen molar-refractivity contribution in [3.63, 3.8) is 0 Å². The zero-order chi connectivity index (χ0) is 20.2. The summed E-state index contributed by atoms with van der Waals surface area (Å²) in [6, 6.07) is 9.38. The van der Waals surface area contributed by atoms with Crippen molar-refractivity contribution in [3.05, 3.63) is 59.7 Å². The topological polar surface area (TPSA) is 133 Å². The second kappa shape index (κ2) is 9.63. The summed E-state index contributed by atoms with van der Waals surface area (Å²) in [5.41, 5.74) is -0.129. The summed E-state index contributed by atoms with van der Waals surface area (Å²) in [6.45, 7) is 0. The standard InChI is InChI=1S/C16H15NO8S2.Na/c1-24-15(18)11-5-3-7-13(9-11)26(20,21)17-27(22,23)14-8-4-6-12(10-14)16(19)25-2;/h3-10,17H,1-2H3;/q;+1. The normalized spacial score (nSPS) is 11.2. The van der Waals surface area contributed by atoms with Gasteiger partial charge < -0.3 is 9.47 Å². The van der Waals surface area contributed by atoms with Gasteiger partial charge in [-0.3, -0.25) is 0 Å². The van der Waals surface area contributed by atoms with Crippen LogP contribution in [0.3, 0.4) is 0 Å².